The Bertz CT molecular complexity index is 1320. The average molecular weight is 598 g/mol. The molecule has 0 spiro atoms. The van der Waals surface area contributed by atoms with Gasteiger partial charge in [-0.25, -0.2) is 0 Å². The van der Waals surface area contributed by atoms with Crippen LogP contribution >= 0.6 is 0 Å². The minimum atomic E-state index is -0.557. The quantitative estimate of drug-likeness (QED) is 0.131. The van der Waals surface area contributed by atoms with Crippen molar-refractivity contribution in [1.29, 1.82) is 0 Å². The Morgan fingerprint density at radius 3 is 1.39 bits per heavy atom. The van der Waals surface area contributed by atoms with E-state index in [0.717, 1.165) is 22.3 Å². The Hall–Kier alpha value is -3.85. The van der Waals surface area contributed by atoms with Crippen molar-refractivity contribution >= 4 is 5.97 Å². The predicted octanol–water partition coefficient (Wildman–Crippen LogP) is 6.11. The first-order chi connectivity index (χ1) is 21.6. The minimum Gasteiger partial charge on any atom is -0.468 e. The molecule has 0 bridgehead atoms. The smallest absolute Gasteiger partial charge is 0.319 e. The fourth-order valence-electron chi connectivity index (χ4n) is 4.78. The summed E-state index contributed by atoms with van der Waals surface area (Å²) >= 11 is 0. The van der Waals surface area contributed by atoms with Gasteiger partial charge in [0.1, 0.15) is 12.2 Å². The molecule has 4 atom stereocenters. The maximum Gasteiger partial charge on any atom is 0.319 e. The van der Waals surface area contributed by atoms with Crippen LogP contribution in [0.2, 0.25) is 0 Å². The molecule has 0 unspecified atom stereocenters. The molecule has 4 aromatic rings. The van der Waals surface area contributed by atoms with E-state index in [1.54, 1.807) is 0 Å². The van der Waals surface area contributed by atoms with Crippen molar-refractivity contribution < 1.29 is 28.5 Å². The number of hydrogen-bond donors (Lipinski definition) is 1. The van der Waals surface area contributed by atoms with Crippen molar-refractivity contribution in [3.05, 3.63) is 144 Å². The van der Waals surface area contributed by atoms with E-state index in [2.05, 4.69) is 5.32 Å². The van der Waals surface area contributed by atoms with E-state index in [0.29, 0.717) is 33.0 Å². The summed E-state index contributed by atoms with van der Waals surface area (Å²) in [6, 6.07) is 40.1. The lowest BCUT2D eigenvalue weighted by Gasteiger charge is -2.37. The molecule has 0 aliphatic heterocycles. The third kappa shape index (κ3) is 11.3. The van der Waals surface area contributed by atoms with Crippen molar-refractivity contribution in [3.8, 4) is 0 Å². The largest absolute Gasteiger partial charge is 0.468 e. The third-order valence-corrected chi connectivity index (χ3v) is 7.23. The van der Waals surface area contributed by atoms with E-state index >= 15 is 0 Å². The maximum atomic E-state index is 12.0. The normalized spacial score (nSPS) is 14.0. The van der Waals surface area contributed by atoms with E-state index < -0.39 is 18.3 Å². The van der Waals surface area contributed by atoms with Crippen LogP contribution in [-0.2, 0) is 54.9 Å². The van der Waals surface area contributed by atoms with E-state index in [-0.39, 0.29) is 18.6 Å². The van der Waals surface area contributed by atoms with Crippen LogP contribution in [0.25, 0.3) is 0 Å². The molecule has 7 heteroatoms. The Labute approximate surface area is 261 Å². The van der Waals surface area contributed by atoms with E-state index in [1.165, 1.54) is 7.11 Å². The molecule has 232 valence electrons. The number of hydrogen-bond acceptors (Lipinski definition) is 7. The highest BCUT2D eigenvalue weighted by molar-refractivity contribution is 5.71. The van der Waals surface area contributed by atoms with Crippen LogP contribution < -0.4 is 5.32 Å². The Morgan fingerprint density at radius 1 is 0.568 bits per heavy atom. The van der Waals surface area contributed by atoms with Crippen molar-refractivity contribution in [2.45, 2.75) is 57.8 Å². The summed E-state index contributed by atoms with van der Waals surface area (Å²) in [5.41, 5.74) is 4.17. The second-order valence-electron chi connectivity index (χ2n) is 10.6. The summed E-state index contributed by atoms with van der Waals surface area (Å²) in [6.07, 6.45) is -1.92. The number of carbonyl (C=O) groups is 1. The van der Waals surface area contributed by atoms with Crippen molar-refractivity contribution in [3.63, 3.8) is 0 Å². The minimum absolute atomic E-state index is 0.0443. The van der Waals surface area contributed by atoms with Crippen molar-refractivity contribution in [1.82, 2.24) is 5.32 Å². The zero-order chi connectivity index (χ0) is 30.8. The van der Waals surface area contributed by atoms with Gasteiger partial charge in [-0.1, -0.05) is 121 Å². The van der Waals surface area contributed by atoms with Gasteiger partial charge in [-0.15, -0.1) is 0 Å². The second-order valence-corrected chi connectivity index (χ2v) is 10.6. The molecule has 0 aliphatic carbocycles. The van der Waals surface area contributed by atoms with E-state index in [9.17, 15) is 4.79 Å². The topological polar surface area (TPSA) is 75.3 Å². The van der Waals surface area contributed by atoms with Gasteiger partial charge in [0.2, 0.25) is 0 Å². The summed E-state index contributed by atoms with van der Waals surface area (Å²) in [6.45, 7) is 3.89. The van der Waals surface area contributed by atoms with E-state index in [4.69, 9.17) is 23.7 Å². The van der Waals surface area contributed by atoms with Gasteiger partial charge in [0.25, 0.3) is 0 Å². The number of ether oxygens (including phenoxy) is 5. The molecule has 4 aromatic carbocycles. The molecule has 0 heterocycles. The molecular formula is C37H43NO6. The lowest BCUT2D eigenvalue weighted by molar-refractivity contribution is -0.186. The maximum absolute atomic E-state index is 12.0. The molecule has 1 N–H and O–H groups in total. The highest BCUT2D eigenvalue weighted by Gasteiger charge is 2.36. The van der Waals surface area contributed by atoms with Gasteiger partial charge in [-0.3, -0.25) is 4.79 Å². The van der Waals surface area contributed by atoms with Crippen molar-refractivity contribution in [2.75, 3.05) is 20.2 Å². The predicted molar refractivity (Wildman–Crippen MR) is 171 cm³/mol. The van der Waals surface area contributed by atoms with Crippen LogP contribution in [0.1, 0.15) is 29.2 Å². The molecule has 0 radical (unpaired) electrons. The van der Waals surface area contributed by atoms with E-state index in [1.807, 2.05) is 128 Å². The Morgan fingerprint density at radius 2 is 0.955 bits per heavy atom. The molecular weight excluding hydrogens is 554 g/mol. The van der Waals surface area contributed by atoms with Crippen LogP contribution in [0.5, 0.6) is 0 Å². The zero-order valence-corrected chi connectivity index (χ0v) is 25.5. The van der Waals surface area contributed by atoms with Gasteiger partial charge >= 0.3 is 5.97 Å². The Kier molecular flexibility index (Phi) is 14.1. The van der Waals surface area contributed by atoms with Gasteiger partial charge in [0, 0.05) is 6.54 Å². The molecule has 0 saturated heterocycles. The summed E-state index contributed by atoms with van der Waals surface area (Å²) in [5, 5.41) is 3.20. The lowest BCUT2D eigenvalue weighted by Crippen LogP contribution is -2.52. The molecule has 0 aromatic heterocycles. The molecule has 44 heavy (non-hydrogen) atoms. The fourth-order valence-corrected chi connectivity index (χ4v) is 4.78. The van der Waals surface area contributed by atoms with Crippen molar-refractivity contribution in [2.24, 2.45) is 0 Å². The lowest BCUT2D eigenvalue weighted by atomic mass is 10.0. The summed E-state index contributed by atoms with van der Waals surface area (Å²) in [7, 11) is 1.37. The van der Waals surface area contributed by atoms with Gasteiger partial charge in [-0.05, 0) is 29.2 Å². The van der Waals surface area contributed by atoms with Crippen LogP contribution in [0.15, 0.2) is 121 Å². The molecule has 4 rings (SSSR count). The number of rotatable bonds is 19. The number of benzene rings is 4. The molecule has 0 fully saturated rings. The summed E-state index contributed by atoms with van der Waals surface area (Å²) in [5.74, 6) is -0.356. The third-order valence-electron chi connectivity index (χ3n) is 7.23. The molecule has 0 amide bonds. The standard InChI is InChI=1S/C37H43NO6/c1-29(41-25-30-15-7-3-8-16-30)36(43-27-32-19-11-5-12-20-32)37(44-28-33-21-13-6-14-22-33)34(23-38-24-35(39)40-2)42-26-31-17-9-4-10-18-31/h3-22,29,34,36-38H,23-28H2,1-2H3/t29-,34-,36-,37-/m0/s1. The first-order valence-electron chi connectivity index (χ1n) is 15.0. The zero-order valence-electron chi connectivity index (χ0n) is 25.5. The van der Waals surface area contributed by atoms with Crippen LogP contribution in [0.3, 0.4) is 0 Å². The molecule has 7 nitrogen and oxygen atoms in total. The van der Waals surface area contributed by atoms with Crippen LogP contribution in [0.4, 0.5) is 0 Å². The monoisotopic (exact) mass is 597 g/mol. The molecule has 0 saturated carbocycles. The first-order valence-corrected chi connectivity index (χ1v) is 15.0. The molecule has 0 aliphatic rings. The van der Waals surface area contributed by atoms with Crippen LogP contribution in [0, 0.1) is 0 Å². The van der Waals surface area contributed by atoms with Gasteiger partial charge in [-0.2, -0.15) is 0 Å². The SMILES string of the molecule is COC(=O)CNC[C@H](OCc1ccccc1)[C@H](OCc1ccccc1)[C@@H](OCc1ccccc1)[C@H](C)OCc1ccccc1. The number of methoxy groups -OCH3 is 1. The van der Waals surface area contributed by atoms with Crippen LogP contribution in [-0.4, -0.2) is 50.6 Å². The highest BCUT2D eigenvalue weighted by Crippen LogP contribution is 2.23. The highest BCUT2D eigenvalue weighted by atomic mass is 16.6. The second kappa shape index (κ2) is 18.7. The fraction of sp³-hybridized carbons (Fsp3) is 0.324. The van der Waals surface area contributed by atoms with Gasteiger partial charge < -0.3 is 29.0 Å². The Balaban J connectivity index is 1.62. The average Bonchev–Trinajstić information content (AvgIpc) is 3.08. The summed E-state index contributed by atoms with van der Waals surface area (Å²) < 4.78 is 31.2. The number of esters is 1. The van der Waals surface area contributed by atoms with Gasteiger partial charge in [0.05, 0.1) is 52.3 Å². The summed E-state index contributed by atoms with van der Waals surface area (Å²) in [4.78, 5) is 12.0. The number of carbonyl (C=O) groups excluding carboxylic acids is 1. The number of nitrogens with one attached hydrogen (secondary N) is 1. The van der Waals surface area contributed by atoms with Gasteiger partial charge in [0.15, 0.2) is 0 Å². The first kappa shape index (κ1) is 33.1.